The van der Waals surface area contributed by atoms with Crippen LogP contribution < -0.4 is 0 Å². The number of phenols is 1. The van der Waals surface area contributed by atoms with Crippen LogP contribution in [-0.2, 0) is 4.79 Å². The zero-order valence-electron chi connectivity index (χ0n) is 8.10. The quantitative estimate of drug-likeness (QED) is 0.566. The maximum absolute atomic E-state index is 10.7. The van der Waals surface area contributed by atoms with Gasteiger partial charge in [0, 0.05) is 5.56 Å². The largest absolute Gasteiger partial charge is 0.506 e. The van der Waals surface area contributed by atoms with Crippen molar-refractivity contribution >= 4 is 17.7 Å². The number of carboxylic acid groups (broad SMARTS) is 2. The molecule has 84 valence electrons. The molecule has 16 heavy (non-hydrogen) atoms. The molecule has 0 aliphatic heterocycles. The standard InChI is InChI=1S/C10H9NO5/c11-7(4-8(12)13)5-2-1-3-6(9(5)14)10(15)16/h1-3,11,14H,4H2,(H,12,13)(H,15,16). The minimum Gasteiger partial charge on any atom is -0.506 e. The van der Waals surface area contributed by atoms with Crippen LogP contribution in [0.2, 0.25) is 0 Å². The molecule has 1 aromatic carbocycles. The molecule has 6 heteroatoms. The van der Waals surface area contributed by atoms with Crippen molar-refractivity contribution in [1.29, 1.82) is 5.41 Å². The lowest BCUT2D eigenvalue weighted by Crippen LogP contribution is -2.09. The third-order valence-corrected chi connectivity index (χ3v) is 1.92. The van der Waals surface area contributed by atoms with E-state index >= 15 is 0 Å². The van der Waals surface area contributed by atoms with Gasteiger partial charge in [-0.1, -0.05) is 6.07 Å². The summed E-state index contributed by atoms with van der Waals surface area (Å²) < 4.78 is 0. The molecule has 0 aliphatic carbocycles. The Labute approximate surface area is 90.3 Å². The first-order chi connectivity index (χ1) is 7.43. The van der Waals surface area contributed by atoms with Crippen molar-refractivity contribution in [2.24, 2.45) is 0 Å². The molecular formula is C10H9NO5. The predicted octanol–water partition coefficient (Wildman–Crippen LogP) is 0.933. The van der Waals surface area contributed by atoms with Gasteiger partial charge in [0.05, 0.1) is 12.1 Å². The lowest BCUT2D eigenvalue weighted by atomic mass is 10.0. The molecule has 6 nitrogen and oxygen atoms in total. The monoisotopic (exact) mass is 223 g/mol. The van der Waals surface area contributed by atoms with Crippen LogP contribution in [0.5, 0.6) is 5.75 Å². The van der Waals surface area contributed by atoms with Gasteiger partial charge in [-0.2, -0.15) is 0 Å². The Bertz CT molecular complexity index is 466. The van der Waals surface area contributed by atoms with Crippen LogP contribution in [0.15, 0.2) is 18.2 Å². The molecule has 0 fully saturated rings. The third kappa shape index (κ3) is 2.35. The van der Waals surface area contributed by atoms with Gasteiger partial charge in [0.2, 0.25) is 0 Å². The van der Waals surface area contributed by atoms with Crippen LogP contribution in [0.3, 0.4) is 0 Å². The first-order valence-electron chi connectivity index (χ1n) is 4.28. The Morgan fingerprint density at radius 3 is 2.25 bits per heavy atom. The minimum absolute atomic E-state index is 0.0812. The van der Waals surface area contributed by atoms with E-state index in [0.29, 0.717) is 0 Å². The van der Waals surface area contributed by atoms with Gasteiger partial charge >= 0.3 is 11.9 Å². The summed E-state index contributed by atoms with van der Waals surface area (Å²) in [5.74, 6) is -3.13. The second kappa shape index (κ2) is 4.43. The Balaban J connectivity index is 3.15. The normalized spacial score (nSPS) is 9.75. The molecule has 0 aliphatic rings. The van der Waals surface area contributed by atoms with Gasteiger partial charge in [-0.15, -0.1) is 0 Å². The summed E-state index contributed by atoms with van der Waals surface area (Å²) in [6, 6.07) is 3.82. The Hall–Kier alpha value is -2.37. The predicted molar refractivity (Wildman–Crippen MR) is 54.1 cm³/mol. The highest BCUT2D eigenvalue weighted by atomic mass is 16.4. The molecule has 1 aromatic rings. The van der Waals surface area contributed by atoms with Crippen molar-refractivity contribution in [3.05, 3.63) is 29.3 Å². The van der Waals surface area contributed by atoms with E-state index in [-0.39, 0.29) is 16.8 Å². The molecule has 0 saturated carbocycles. The van der Waals surface area contributed by atoms with Crippen molar-refractivity contribution in [3.8, 4) is 5.75 Å². The van der Waals surface area contributed by atoms with Gasteiger partial charge in [-0.05, 0) is 12.1 Å². The molecule has 0 bridgehead atoms. The summed E-state index contributed by atoms with van der Waals surface area (Å²) in [7, 11) is 0. The van der Waals surface area contributed by atoms with Crippen LogP contribution in [0, 0.1) is 5.41 Å². The molecule has 0 unspecified atom stereocenters. The van der Waals surface area contributed by atoms with Gasteiger partial charge in [-0.25, -0.2) is 4.79 Å². The van der Waals surface area contributed by atoms with Gasteiger partial charge in [0.25, 0.3) is 0 Å². The number of hydrogen-bond acceptors (Lipinski definition) is 4. The summed E-state index contributed by atoms with van der Waals surface area (Å²) in [4.78, 5) is 21.0. The maximum atomic E-state index is 10.7. The van der Waals surface area contributed by atoms with E-state index in [2.05, 4.69) is 0 Å². The fourth-order valence-corrected chi connectivity index (χ4v) is 1.21. The van der Waals surface area contributed by atoms with E-state index in [1.54, 1.807) is 0 Å². The van der Waals surface area contributed by atoms with E-state index in [4.69, 9.17) is 15.6 Å². The first-order valence-corrected chi connectivity index (χ1v) is 4.28. The Morgan fingerprint density at radius 1 is 1.19 bits per heavy atom. The van der Waals surface area contributed by atoms with Crippen molar-refractivity contribution in [3.63, 3.8) is 0 Å². The molecule has 0 atom stereocenters. The van der Waals surface area contributed by atoms with Crippen LogP contribution >= 0.6 is 0 Å². The SMILES string of the molecule is N=C(CC(=O)O)c1cccc(C(=O)O)c1O. The summed E-state index contributed by atoms with van der Waals surface area (Å²) in [6.07, 6.45) is -0.573. The lowest BCUT2D eigenvalue weighted by molar-refractivity contribution is -0.135. The van der Waals surface area contributed by atoms with Gasteiger partial charge in [0.15, 0.2) is 0 Å². The van der Waals surface area contributed by atoms with Gasteiger partial charge in [0.1, 0.15) is 11.3 Å². The maximum Gasteiger partial charge on any atom is 0.339 e. The first kappa shape index (κ1) is 11.7. The van der Waals surface area contributed by atoms with Crippen molar-refractivity contribution in [2.75, 3.05) is 0 Å². The smallest absolute Gasteiger partial charge is 0.339 e. The topological polar surface area (TPSA) is 119 Å². The van der Waals surface area contributed by atoms with Crippen LogP contribution in [-0.4, -0.2) is 33.0 Å². The number of rotatable bonds is 4. The van der Waals surface area contributed by atoms with Crippen molar-refractivity contribution < 1.29 is 24.9 Å². The minimum atomic E-state index is -1.33. The van der Waals surface area contributed by atoms with Gasteiger partial charge < -0.3 is 20.7 Å². The average Bonchev–Trinajstić information content (AvgIpc) is 2.16. The Morgan fingerprint density at radius 2 is 1.75 bits per heavy atom. The average molecular weight is 223 g/mol. The lowest BCUT2D eigenvalue weighted by Gasteiger charge is -2.06. The van der Waals surface area contributed by atoms with Crippen LogP contribution in [0.1, 0.15) is 22.3 Å². The second-order valence-corrected chi connectivity index (χ2v) is 3.06. The highest BCUT2D eigenvalue weighted by Gasteiger charge is 2.16. The number of carbonyl (C=O) groups is 2. The second-order valence-electron chi connectivity index (χ2n) is 3.06. The fraction of sp³-hybridized carbons (Fsp3) is 0.100. The van der Waals surface area contributed by atoms with Crippen LogP contribution in [0.25, 0.3) is 0 Å². The summed E-state index contributed by atoms with van der Waals surface area (Å²) >= 11 is 0. The summed E-state index contributed by atoms with van der Waals surface area (Å²) in [5.41, 5.74) is -0.775. The number of carboxylic acids is 2. The molecule has 0 spiro atoms. The number of para-hydroxylation sites is 1. The van der Waals surface area contributed by atoms with E-state index in [0.717, 1.165) is 0 Å². The van der Waals surface area contributed by atoms with E-state index in [1.165, 1.54) is 18.2 Å². The zero-order valence-corrected chi connectivity index (χ0v) is 8.10. The highest BCUT2D eigenvalue weighted by molar-refractivity contribution is 6.10. The summed E-state index contributed by atoms with van der Waals surface area (Å²) in [5, 5.41) is 34.1. The van der Waals surface area contributed by atoms with Gasteiger partial charge in [-0.3, -0.25) is 4.79 Å². The number of hydrogen-bond donors (Lipinski definition) is 4. The number of nitrogens with one attached hydrogen (secondary N) is 1. The molecule has 1 rings (SSSR count). The molecule has 0 radical (unpaired) electrons. The van der Waals surface area contributed by atoms with Crippen molar-refractivity contribution in [2.45, 2.75) is 6.42 Å². The number of aromatic hydroxyl groups is 1. The molecule has 0 aromatic heterocycles. The third-order valence-electron chi connectivity index (χ3n) is 1.92. The fourth-order valence-electron chi connectivity index (χ4n) is 1.21. The number of aliphatic carboxylic acids is 1. The summed E-state index contributed by atoms with van der Waals surface area (Å²) in [6.45, 7) is 0. The van der Waals surface area contributed by atoms with E-state index < -0.39 is 24.1 Å². The zero-order chi connectivity index (χ0) is 12.3. The van der Waals surface area contributed by atoms with E-state index in [9.17, 15) is 14.7 Å². The highest BCUT2D eigenvalue weighted by Crippen LogP contribution is 2.23. The molecule has 0 heterocycles. The molecule has 0 amide bonds. The molecular weight excluding hydrogens is 214 g/mol. The Kier molecular flexibility index (Phi) is 3.24. The molecule has 0 saturated heterocycles. The molecule has 4 N–H and O–H groups in total. The number of benzene rings is 1. The number of aromatic carboxylic acids is 1. The van der Waals surface area contributed by atoms with Crippen molar-refractivity contribution in [1.82, 2.24) is 0 Å². The van der Waals surface area contributed by atoms with E-state index in [1.807, 2.05) is 0 Å². The van der Waals surface area contributed by atoms with Crippen LogP contribution in [0.4, 0.5) is 0 Å².